The fourth-order valence-corrected chi connectivity index (χ4v) is 3.18. The molecule has 2 aromatic rings. The standard InChI is InChI=1S/C15H21N5O3/c1-2-13(19-7-5-11(6-8-19)15(21)22)14-16-17-18-20(14)10-12-4-3-9-23-12/h3-4,9,11,13H,2,5-8,10H2,1H3,(H,21,22). The molecule has 1 fully saturated rings. The number of carboxylic acid groups (broad SMARTS) is 1. The lowest BCUT2D eigenvalue weighted by atomic mass is 9.95. The van der Waals surface area contributed by atoms with Gasteiger partial charge in [-0.3, -0.25) is 9.69 Å². The summed E-state index contributed by atoms with van der Waals surface area (Å²) in [5.41, 5.74) is 0. The third-order valence-electron chi connectivity index (χ3n) is 4.45. The van der Waals surface area contributed by atoms with Crippen LogP contribution < -0.4 is 0 Å². The minimum absolute atomic E-state index is 0.0923. The molecular formula is C15H21N5O3. The molecule has 1 unspecified atom stereocenters. The summed E-state index contributed by atoms with van der Waals surface area (Å²) >= 11 is 0. The number of hydrogen-bond acceptors (Lipinski definition) is 6. The molecule has 0 spiro atoms. The molecule has 1 aliphatic rings. The quantitative estimate of drug-likeness (QED) is 0.863. The maximum atomic E-state index is 11.1. The molecule has 0 saturated carbocycles. The number of carbonyl (C=O) groups is 1. The van der Waals surface area contributed by atoms with Crippen molar-refractivity contribution >= 4 is 5.97 Å². The maximum Gasteiger partial charge on any atom is 0.306 e. The molecule has 0 amide bonds. The van der Waals surface area contributed by atoms with Crippen molar-refractivity contribution in [3.8, 4) is 0 Å². The minimum atomic E-state index is -0.694. The van der Waals surface area contributed by atoms with Crippen LogP contribution in [0.15, 0.2) is 22.8 Å². The molecule has 3 heterocycles. The van der Waals surface area contributed by atoms with Crippen LogP contribution in [0.5, 0.6) is 0 Å². The highest BCUT2D eigenvalue weighted by Crippen LogP contribution is 2.28. The molecular weight excluding hydrogens is 298 g/mol. The van der Waals surface area contributed by atoms with Crippen LogP contribution in [-0.2, 0) is 11.3 Å². The fraction of sp³-hybridized carbons (Fsp3) is 0.600. The van der Waals surface area contributed by atoms with Crippen molar-refractivity contribution in [3.63, 3.8) is 0 Å². The maximum absolute atomic E-state index is 11.1. The summed E-state index contributed by atoms with van der Waals surface area (Å²) < 4.78 is 7.13. The monoisotopic (exact) mass is 319 g/mol. The summed E-state index contributed by atoms with van der Waals surface area (Å²) in [5.74, 6) is 0.680. The second-order valence-corrected chi connectivity index (χ2v) is 5.85. The Hall–Kier alpha value is -2.22. The van der Waals surface area contributed by atoms with Crippen LogP contribution in [0.2, 0.25) is 0 Å². The lowest BCUT2D eigenvalue weighted by molar-refractivity contribution is -0.143. The van der Waals surface area contributed by atoms with Gasteiger partial charge in [0.25, 0.3) is 0 Å². The Morgan fingerprint density at radius 1 is 1.48 bits per heavy atom. The molecule has 0 bridgehead atoms. The van der Waals surface area contributed by atoms with Crippen molar-refractivity contribution in [3.05, 3.63) is 30.0 Å². The van der Waals surface area contributed by atoms with E-state index in [-0.39, 0.29) is 12.0 Å². The Bertz CT molecular complexity index is 631. The van der Waals surface area contributed by atoms with Gasteiger partial charge in [-0.25, -0.2) is 4.68 Å². The zero-order valence-electron chi connectivity index (χ0n) is 13.1. The molecule has 2 aromatic heterocycles. The highest BCUT2D eigenvalue weighted by atomic mass is 16.4. The number of aliphatic carboxylic acids is 1. The van der Waals surface area contributed by atoms with Crippen LogP contribution in [0.1, 0.15) is 43.8 Å². The summed E-state index contributed by atoms with van der Waals surface area (Å²) in [5, 5.41) is 21.2. The molecule has 0 aromatic carbocycles. The van der Waals surface area contributed by atoms with E-state index in [1.54, 1.807) is 10.9 Å². The van der Waals surface area contributed by atoms with Crippen LogP contribution in [0, 0.1) is 5.92 Å². The van der Waals surface area contributed by atoms with Gasteiger partial charge < -0.3 is 9.52 Å². The van der Waals surface area contributed by atoms with Crippen molar-refractivity contribution in [2.24, 2.45) is 5.92 Å². The molecule has 0 aliphatic carbocycles. The Kier molecular flexibility index (Phi) is 4.71. The van der Waals surface area contributed by atoms with Gasteiger partial charge in [0.15, 0.2) is 5.82 Å². The molecule has 0 radical (unpaired) electrons. The lowest BCUT2D eigenvalue weighted by Crippen LogP contribution is -2.39. The van der Waals surface area contributed by atoms with E-state index in [0.717, 1.165) is 31.1 Å². The van der Waals surface area contributed by atoms with E-state index < -0.39 is 5.97 Å². The summed E-state index contributed by atoms with van der Waals surface area (Å²) in [7, 11) is 0. The van der Waals surface area contributed by atoms with Gasteiger partial charge in [0.2, 0.25) is 0 Å². The largest absolute Gasteiger partial charge is 0.481 e. The predicted molar refractivity (Wildman–Crippen MR) is 80.6 cm³/mol. The summed E-state index contributed by atoms with van der Waals surface area (Å²) in [6, 6.07) is 3.83. The number of nitrogens with zero attached hydrogens (tertiary/aromatic N) is 5. The molecule has 1 N–H and O–H groups in total. The fourth-order valence-electron chi connectivity index (χ4n) is 3.18. The number of rotatable bonds is 6. The topological polar surface area (TPSA) is 97.3 Å². The number of hydrogen-bond donors (Lipinski definition) is 1. The first kappa shape index (κ1) is 15.7. The molecule has 1 saturated heterocycles. The Morgan fingerprint density at radius 3 is 2.87 bits per heavy atom. The third-order valence-corrected chi connectivity index (χ3v) is 4.45. The molecule has 23 heavy (non-hydrogen) atoms. The van der Waals surface area contributed by atoms with Crippen LogP contribution in [0.4, 0.5) is 0 Å². The van der Waals surface area contributed by atoms with Crippen LogP contribution in [0.25, 0.3) is 0 Å². The summed E-state index contributed by atoms with van der Waals surface area (Å²) in [6.45, 7) is 4.10. The predicted octanol–water partition coefficient (Wildman–Crippen LogP) is 1.56. The number of likely N-dealkylation sites (tertiary alicyclic amines) is 1. The molecule has 8 nitrogen and oxygen atoms in total. The lowest BCUT2D eigenvalue weighted by Gasteiger charge is -2.35. The second-order valence-electron chi connectivity index (χ2n) is 5.85. The highest BCUT2D eigenvalue weighted by molar-refractivity contribution is 5.70. The van der Waals surface area contributed by atoms with Crippen molar-refractivity contribution in [1.82, 2.24) is 25.1 Å². The molecule has 124 valence electrons. The zero-order valence-corrected chi connectivity index (χ0v) is 13.1. The van der Waals surface area contributed by atoms with Gasteiger partial charge in [0, 0.05) is 0 Å². The van der Waals surface area contributed by atoms with E-state index in [4.69, 9.17) is 9.52 Å². The van der Waals surface area contributed by atoms with Gasteiger partial charge in [-0.15, -0.1) is 5.10 Å². The Balaban J connectivity index is 1.72. The average Bonchev–Trinajstić information content (AvgIpc) is 3.22. The van der Waals surface area contributed by atoms with Crippen molar-refractivity contribution < 1.29 is 14.3 Å². The van der Waals surface area contributed by atoms with Crippen LogP contribution in [0.3, 0.4) is 0 Å². The van der Waals surface area contributed by atoms with Crippen LogP contribution >= 0.6 is 0 Å². The molecule has 1 atom stereocenters. The Labute approximate surface area is 134 Å². The third kappa shape index (κ3) is 3.42. The summed E-state index contributed by atoms with van der Waals surface area (Å²) in [6.07, 6.45) is 3.85. The molecule has 3 rings (SSSR count). The van der Waals surface area contributed by atoms with Gasteiger partial charge in [-0.2, -0.15) is 0 Å². The first-order chi connectivity index (χ1) is 11.2. The van der Waals surface area contributed by atoms with Gasteiger partial charge in [-0.05, 0) is 54.9 Å². The van der Waals surface area contributed by atoms with Crippen LogP contribution in [-0.4, -0.2) is 49.3 Å². The Morgan fingerprint density at radius 2 is 2.26 bits per heavy atom. The SMILES string of the molecule is CCC(c1nnnn1Cc1ccco1)N1CCC(C(=O)O)CC1. The van der Waals surface area contributed by atoms with Crippen molar-refractivity contribution in [2.45, 2.75) is 38.8 Å². The van der Waals surface area contributed by atoms with E-state index in [1.165, 1.54) is 0 Å². The highest BCUT2D eigenvalue weighted by Gasteiger charge is 2.31. The normalized spacial score (nSPS) is 18.1. The van der Waals surface area contributed by atoms with Crippen molar-refractivity contribution in [1.29, 1.82) is 0 Å². The first-order valence-corrected chi connectivity index (χ1v) is 7.94. The number of carboxylic acids is 1. The van der Waals surface area contributed by atoms with Gasteiger partial charge in [-0.1, -0.05) is 6.92 Å². The minimum Gasteiger partial charge on any atom is -0.481 e. The number of furan rings is 1. The number of aromatic nitrogens is 4. The smallest absolute Gasteiger partial charge is 0.306 e. The van der Waals surface area contributed by atoms with Gasteiger partial charge >= 0.3 is 5.97 Å². The second kappa shape index (κ2) is 6.91. The van der Waals surface area contributed by atoms with E-state index >= 15 is 0 Å². The zero-order chi connectivity index (χ0) is 16.2. The van der Waals surface area contributed by atoms with E-state index in [0.29, 0.717) is 19.4 Å². The van der Waals surface area contributed by atoms with Gasteiger partial charge in [0.1, 0.15) is 12.3 Å². The van der Waals surface area contributed by atoms with E-state index in [1.807, 2.05) is 12.1 Å². The summed E-state index contributed by atoms with van der Waals surface area (Å²) in [4.78, 5) is 13.4. The average molecular weight is 319 g/mol. The molecule has 8 heteroatoms. The van der Waals surface area contributed by atoms with E-state index in [9.17, 15) is 4.79 Å². The number of tetrazole rings is 1. The molecule has 1 aliphatic heterocycles. The number of piperidine rings is 1. The van der Waals surface area contributed by atoms with Crippen molar-refractivity contribution in [2.75, 3.05) is 13.1 Å². The van der Waals surface area contributed by atoms with E-state index in [2.05, 4.69) is 27.3 Å². The van der Waals surface area contributed by atoms with Gasteiger partial charge in [0.05, 0.1) is 18.2 Å². The first-order valence-electron chi connectivity index (χ1n) is 7.94.